The van der Waals surface area contributed by atoms with Crippen molar-refractivity contribution in [2.24, 2.45) is 0 Å². The van der Waals surface area contributed by atoms with Gasteiger partial charge in [-0.15, -0.1) is 6.58 Å². The third-order valence-electron chi connectivity index (χ3n) is 2.13. The molecule has 0 bridgehead atoms. The summed E-state index contributed by atoms with van der Waals surface area (Å²) in [6.07, 6.45) is 0.763. The van der Waals surface area contributed by atoms with Gasteiger partial charge in [-0.2, -0.15) is 5.26 Å². The number of nitrogens with zero attached hydrogens (tertiary/aromatic N) is 1. The second-order valence-electron chi connectivity index (χ2n) is 3.65. The van der Waals surface area contributed by atoms with Crippen LogP contribution >= 0.6 is 0 Å². The number of hydrogen-bond acceptors (Lipinski definition) is 2. The van der Waals surface area contributed by atoms with Crippen LogP contribution in [0, 0.1) is 17.1 Å². The molecule has 0 amide bonds. The molecular weight excluding hydrogens is 205 g/mol. The summed E-state index contributed by atoms with van der Waals surface area (Å²) >= 11 is 0. The van der Waals surface area contributed by atoms with Crippen LogP contribution in [0.5, 0.6) is 0 Å². The van der Waals surface area contributed by atoms with Crippen LogP contribution in [0.3, 0.4) is 0 Å². The molecule has 0 saturated heterocycles. The van der Waals surface area contributed by atoms with Crippen molar-refractivity contribution in [1.29, 1.82) is 5.26 Å². The molecule has 1 aromatic carbocycles. The highest BCUT2D eigenvalue weighted by atomic mass is 19.1. The molecule has 0 atom stereocenters. The van der Waals surface area contributed by atoms with E-state index in [1.807, 2.05) is 6.92 Å². The van der Waals surface area contributed by atoms with E-state index in [1.165, 1.54) is 6.07 Å². The molecule has 1 aromatic rings. The number of ether oxygens (including phenoxy) is 1. The Kier molecular flexibility index (Phi) is 4.68. The molecule has 0 spiro atoms. The first-order valence-corrected chi connectivity index (χ1v) is 5.04. The highest BCUT2D eigenvalue weighted by molar-refractivity contribution is 5.34. The van der Waals surface area contributed by atoms with Gasteiger partial charge in [0.2, 0.25) is 0 Å². The van der Waals surface area contributed by atoms with Gasteiger partial charge in [0.05, 0.1) is 18.8 Å². The van der Waals surface area contributed by atoms with Crippen molar-refractivity contribution in [1.82, 2.24) is 0 Å². The van der Waals surface area contributed by atoms with Crippen LogP contribution in [0.1, 0.15) is 24.5 Å². The molecule has 0 aliphatic carbocycles. The van der Waals surface area contributed by atoms with Crippen LogP contribution in [0.4, 0.5) is 4.39 Å². The number of rotatable bonds is 5. The zero-order valence-corrected chi connectivity index (χ0v) is 9.29. The second-order valence-corrected chi connectivity index (χ2v) is 3.65. The molecule has 84 valence electrons. The minimum Gasteiger partial charge on any atom is -0.376 e. The minimum atomic E-state index is -0.486. The van der Waals surface area contributed by atoms with E-state index < -0.39 is 5.82 Å². The van der Waals surface area contributed by atoms with Gasteiger partial charge < -0.3 is 4.74 Å². The molecule has 1 rings (SSSR count). The zero-order valence-electron chi connectivity index (χ0n) is 9.29. The SMILES string of the molecule is C=C(C)CCOCc1cccc(C#N)c1F. The van der Waals surface area contributed by atoms with E-state index >= 15 is 0 Å². The lowest BCUT2D eigenvalue weighted by Crippen LogP contribution is -1.99. The van der Waals surface area contributed by atoms with Crippen LogP contribution in [-0.4, -0.2) is 6.61 Å². The fourth-order valence-corrected chi connectivity index (χ4v) is 1.21. The molecule has 0 aliphatic heterocycles. The Morgan fingerprint density at radius 1 is 1.56 bits per heavy atom. The Morgan fingerprint density at radius 3 is 2.94 bits per heavy atom. The molecule has 0 N–H and O–H groups in total. The van der Waals surface area contributed by atoms with Gasteiger partial charge in [0.25, 0.3) is 0 Å². The predicted octanol–water partition coefficient (Wildman–Crippen LogP) is 3.18. The molecule has 0 fully saturated rings. The highest BCUT2D eigenvalue weighted by Crippen LogP contribution is 2.13. The van der Waals surface area contributed by atoms with Crippen LogP contribution in [-0.2, 0) is 11.3 Å². The Bertz CT molecular complexity index is 420. The van der Waals surface area contributed by atoms with Gasteiger partial charge in [-0.3, -0.25) is 0 Å². The van der Waals surface area contributed by atoms with Crippen molar-refractivity contribution in [2.75, 3.05) is 6.61 Å². The summed E-state index contributed by atoms with van der Waals surface area (Å²) in [6, 6.07) is 6.52. The maximum atomic E-state index is 13.5. The van der Waals surface area contributed by atoms with Crippen molar-refractivity contribution in [3.8, 4) is 6.07 Å². The van der Waals surface area contributed by atoms with Crippen LogP contribution in [0.15, 0.2) is 30.4 Å². The van der Waals surface area contributed by atoms with Crippen molar-refractivity contribution < 1.29 is 9.13 Å². The molecule has 0 unspecified atom stereocenters. The quantitative estimate of drug-likeness (QED) is 0.563. The van der Waals surface area contributed by atoms with Crippen LogP contribution < -0.4 is 0 Å². The van der Waals surface area contributed by atoms with E-state index in [0.717, 1.165) is 12.0 Å². The smallest absolute Gasteiger partial charge is 0.146 e. The number of nitriles is 1. The van der Waals surface area contributed by atoms with Gasteiger partial charge in [-0.1, -0.05) is 17.7 Å². The van der Waals surface area contributed by atoms with Crippen molar-refractivity contribution in [3.05, 3.63) is 47.3 Å². The molecule has 0 aliphatic rings. The fraction of sp³-hybridized carbons (Fsp3) is 0.308. The highest BCUT2D eigenvalue weighted by Gasteiger charge is 2.06. The van der Waals surface area contributed by atoms with E-state index in [0.29, 0.717) is 12.2 Å². The van der Waals surface area contributed by atoms with E-state index in [1.54, 1.807) is 18.2 Å². The lowest BCUT2D eigenvalue weighted by Gasteiger charge is -2.06. The molecule has 0 saturated carbocycles. The van der Waals surface area contributed by atoms with Gasteiger partial charge >= 0.3 is 0 Å². The Hall–Kier alpha value is -1.66. The molecule has 0 radical (unpaired) electrons. The Labute approximate surface area is 95.0 Å². The fourth-order valence-electron chi connectivity index (χ4n) is 1.21. The van der Waals surface area contributed by atoms with E-state index in [4.69, 9.17) is 10.00 Å². The third-order valence-corrected chi connectivity index (χ3v) is 2.13. The van der Waals surface area contributed by atoms with Gasteiger partial charge in [0, 0.05) is 5.56 Å². The number of hydrogen-bond donors (Lipinski definition) is 0. The van der Waals surface area contributed by atoms with Crippen LogP contribution in [0.25, 0.3) is 0 Å². The number of benzene rings is 1. The third kappa shape index (κ3) is 3.48. The van der Waals surface area contributed by atoms with Crippen molar-refractivity contribution >= 4 is 0 Å². The Balaban J connectivity index is 2.55. The molecule has 16 heavy (non-hydrogen) atoms. The van der Waals surface area contributed by atoms with Gasteiger partial charge in [-0.05, 0) is 19.4 Å². The number of halogens is 1. The van der Waals surface area contributed by atoms with Gasteiger partial charge in [0.1, 0.15) is 11.9 Å². The first-order valence-electron chi connectivity index (χ1n) is 5.04. The monoisotopic (exact) mass is 219 g/mol. The van der Waals surface area contributed by atoms with E-state index in [-0.39, 0.29) is 12.2 Å². The average molecular weight is 219 g/mol. The second kappa shape index (κ2) is 6.04. The van der Waals surface area contributed by atoms with Crippen molar-refractivity contribution in [2.45, 2.75) is 20.0 Å². The summed E-state index contributed by atoms with van der Waals surface area (Å²) in [6.45, 7) is 6.37. The Morgan fingerprint density at radius 2 is 2.31 bits per heavy atom. The zero-order chi connectivity index (χ0) is 12.0. The first kappa shape index (κ1) is 12.4. The molecule has 0 aromatic heterocycles. The largest absolute Gasteiger partial charge is 0.376 e. The maximum absolute atomic E-state index is 13.5. The van der Waals surface area contributed by atoms with Gasteiger partial charge in [-0.25, -0.2) is 4.39 Å². The van der Waals surface area contributed by atoms with E-state index in [2.05, 4.69) is 6.58 Å². The molecular formula is C13H14FNO. The summed E-state index contributed by atoms with van der Waals surface area (Å²) in [7, 11) is 0. The summed E-state index contributed by atoms with van der Waals surface area (Å²) in [5.41, 5.74) is 1.51. The van der Waals surface area contributed by atoms with Crippen molar-refractivity contribution in [3.63, 3.8) is 0 Å². The normalized spacial score (nSPS) is 9.81. The molecule has 3 heteroatoms. The standard InChI is InChI=1S/C13H14FNO/c1-10(2)6-7-16-9-12-5-3-4-11(8-15)13(12)14/h3-5H,1,6-7,9H2,2H3. The topological polar surface area (TPSA) is 33.0 Å². The lowest BCUT2D eigenvalue weighted by molar-refractivity contribution is 0.121. The summed E-state index contributed by atoms with van der Waals surface area (Å²) in [5.74, 6) is -0.486. The summed E-state index contributed by atoms with van der Waals surface area (Å²) in [4.78, 5) is 0. The van der Waals surface area contributed by atoms with Crippen LogP contribution in [0.2, 0.25) is 0 Å². The summed E-state index contributed by atoms with van der Waals surface area (Å²) < 4.78 is 18.8. The first-order chi connectivity index (χ1) is 7.65. The predicted molar refractivity (Wildman–Crippen MR) is 60.2 cm³/mol. The summed E-state index contributed by atoms with van der Waals surface area (Å²) in [5, 5.41) is 8.64. The lowest BCUT2D eigenvalue weighted by atomic mass is 10.1. The molecule has 2 nitrogen and oxygen atoms in total. The van der Waals surface area contributed by atoms with E-state index in [9.17, 15) is 4.39 Å². The minimum absolute atomic E-state index is 0.0565. The maximum Gasteiger partial charge on any atom is 0.146 e. The molecule has 0 heterocycles. The average Bonchev–Trinajstić information content (AvgIpc) is 2.26. The van der Waals surface area contributed by atoms with Gasteiger partial charge in [0.15, 0.2) is 0 Å².